The minimum Gasteiger partial charge on any atom is -0.384 e. The number of pyridine rings is 1. The van der Waals surface area contributed by atoms with Crippen LogP contribution in [0.2, 0.25) is 0 Å². The van der Waals surface area contributed by atoms with Crippen molar-refractivity contribution in [3.05, 3.63) is 18.3 Å². The minimum absolute atomic E-state index is 0.552. The molecule has 0 unspecified atom stereocenters. The summed E-state index contributed by atoms with van der Waals surface area (Å²) in [5, 5.41) is 0. The summed E-state index contributed by atoms with van der Waals surface area (Å²) >= 11 is 1.61. The number of nitrogens with two attached hydrogens (primary N) is 1. The molecule has 0 amide bonds. The summed E-state index contributed by atoms with van der Waals surface area (Å²) in [6.07, 6.45) is 1.75. The Morgan fingerprint density at radius 2 is 2.42 bits per heavy atom. The first-order valence-electron chi connectivity index (χ1n) is 3.75. The summed E-state index contributed by atoms with van der Waals surface area (Å²) in [7, 11) is 0. The number of rotatable bonds is 4. The number of thioether (sulfide) groups is 1. The van der Waals surface area contributed by atoms with E-state index >= 15 is 0 Å². The highest BCUT2D eigenvalue weighted by Gasteiger charge is 1.93. The molecule has 0 atom stereocenters. The zero-order valence-corrected chi connectivity index (χ0v) is 7.80. The molecule has 12 heavy (non-hydrogen) atoms. The van der Waals surface area contributed by atoms with Crippen LogP contribution in [0.3, 0.4) is 0 Å². The number of nitrogens with zero attached hydrogens (tertiary/aromatic N) is 1. The Labute approximate surface area is 76.3 Å². The van der Waals surface area contributed by atoms with Gasteiger partial charge < -0.3 is 10.5 Å². The summed E-state index contributed by atoms with van der Waals surface area (Å²) in [6.45, 7) is 2.72. The van der Waals surface area contributed by atoms with Crippen LogP contribution in [-0.4, -0.2) is 17.5 Å². The van der Waals surface area contributed by atoms with Gasteiger partial charge in [0.1, 0.15) is 5.82 Å². The first kappa shape index (κ1) is 9.35. The molecule has 0 fully saturated rings. The van der Waals surface area contributed by atoms with Crippen LogP contribution in [0.1, 0.15) is 6.92 Å². The summed E-state index contributed by atoms with van der Waals surface area (Å²) in [5.74, 6) is 1.22. The maximum Gasteiger partial charge on any atom is 0.123 e. The molecular weight excluding hydrogens is 172 g/mol. The van der Waals surface area contributed by atoms with Crippen LogP contribution in [0.5, 0.6) is 0 Å². The zero-order valence-electron chi connectivity index (χ0n) is 6.99. The quantitative estimate of drug-likeness (QED) is 0.440. The van der Waals surface area contributed by atoms with Crippen molar-refractivity contribution < 1.29 is 4.74 Å². The van der Waals surface area contributed by atoms with E-state index in [2.05, 4.69) is 4.98 Å². The maximum atomic E-state index is 5.43. The molecule has 2 N–H and O–H groups in total. The first-order valence-corrected chi connectivity index (χ1v) is 4.73. The third kappa shape index (κ3) is 3.11. The lowest BCUT2D eigenvalue weighted by Gasteiger charge is -2.00. The highest BCUT2D eigenvalue weighted by molar-refractivity contribution is 7.99. The lowest BCUT2D eigenvalue weighted by atomic mass is 10.5. The molecule has 4 heteroatoms. The van der Waals surface area contributed by atoms with E-state index in [1.165, 1.54) is 0 Å². The van der Waals surface area contributed by atoms with Crippen LogP contribution in [0.25, 0.3) is 0 Å². The van der Waals surface area contributed by atoms with Gasteiger partial charge in [-0.1, -0.05) is 11.8 Å². The van der Waals surface area contributed by atoms with Gasteiger partial charge in [-0.05, 0) is 19.1 Å². The Hall–Kier alpha value is -0.740. The van der Waals surface area contributed by atoms with E-state index in [0.29, 0.717) is 11.8 Å². The van der Waals surface area contributed by atoms with E-state index in [0.717, 1.165) is 11.5 Å². The summed E-state index contributed by atoms with van der Waals surface area (Å²) in [6, 6.07) is 3.72. The topological polar surface area (TPSA) is 48.1 Å². The van der Waals surface area contributed by atoms with E-state index in [1.807, 2.05) is 13.0 Å². The lowest BCUT2D eigenvalue weighted by molar-refractivity contribution is 0.199. The fourth-order valence-corrected chi connectivity index (χ4v) is 1.35. The fourth-order valence-electron chi connectivity index (χ4n) is 0.670. The van der Waals surface area contributed by atoms with Crippen LogP contribution < -0.4 is 5.73 Å². The molecule has 1 aromatic heterocycles. The smallest absolute Gasteiger partial charge is 0.123 e. The third-order valence-corrected chi connectivity index (χ3v) is 2.13. The van der Waals surface area contributed by atoms with Gasteiger partial charge in [-0.2, -0.15) is 0 Å². The highest BCUT2D eigenvalue weighted by Crippen LogP contribution is 2.16. The second-order valence-corrected chi connectivity index (χ2v) is 3.17. The average Bonchev–Trinajstić information content (AvgIpc) is 2.09. The Morgan fingerprint density at radius 1 is 1.58 bits per heavy atom. The Balaban J connectivity index is 2.37. The van der Waals surface area contributed by atoms with E-state index < -0.39 is 0 Å². The van der Waals surface area contributed by atoms with Crippen LogP contribution >= 0.6 is 11.8 Å². The molecule has 0 aliphatic rings. The molecule has 1 rings (SSSR count). The van der Waals surface area contributed by atoms with Crippen LogP contribution in [0, 0.1) is 0 Å². The second-order valence-electron chi connectivity index (χ2n) is 2.17. The van der Waals surface area contributed by atoms with Crippen molar-refractivity contribution >= 4 is 17.6 Å². The van der Waals surface area contributed by atoms with Crippen LogP contribution in [-0.2, 0) is 4.74 Å². The lowest BCUT2D eigenvalue weighted by Crippen LogP contribution is -1.90. The number of hydrogen-bond donors (Lipinski definition) is 1. The first-order chi connectivity index (χ1) is 5.83. The Bertz CT molecular complexity index is 225. The fraction of sp³-hybridized carbons (Fsp3) is 0.375. The molecule has 0 aromatic carbocycles. The molecule has 0 saturated heterocycles. The summed E-state index contributed by atoms with van der Waals surface area (Å²) in [5.41, 5.74) is 5.43. The summed E-state index contributed by atoms with van der Waals surface area (Å²) in [4.78, 5) is 5.04. The van der Waals surface area contributed by atoms with Gasteiger partial charge in [0.05, 0.1) is 5.94 Å². The van der Waals surface area contributed by atoms with Gasteiger partial charge in [0.2, 0.25) is 0 Å². The van der Waals surface area contributed by atoms with E-state index in [-0.39, 0.29) is 0 Å². The normalized spacial score (nSPS) is 10.1. The van der Waals surface area contributed by atoms with Crippen molar-refractivity contribution in [2.24, 2.45) is 0 Å². The number of anilines is 1. The van der Waals surface area contributed by atoms with Crippen molar-refractivity contribution in [1.82, 2.24) is 4.98 Å². The van der Waals surface area contributed by atoms with Gasteiger partial charge in [0.25, 0.3) is 0 Å². The molecule has 0 aliphatic heterocycles. The van der Waals surface area contributed by atoms with Gasteiger partial charge in [-0.15, -0.1) is 0 Å². The molecule has 0 spiro atoms. The van der Waals surface area contributed by atoms with E-state index in [1.54, 1.807) is 24.0 Å². The van der Waals surface area contributed by atoms with Gasteiger partial charge in [0, 0.05) is 17.7 Å². The molecule has 1 heterocycles. The molecule has 0 radical (unpaired) electrons. The second kappa shape index (κ2) is 5.00. The Morgan fingerprint density at radius 3 is 3.00 bits per heavy atom. The molecule has 0 saturated carbocycles. The predicted molar refractivity (Wildman–Crippen MR) is 51.0 cm³/mol. The molecular formula is C8H12N2OS. The van der Waals surface area contributed by atoms with Crippen molar-refractivity contribution in [3.8, 4) is 0 Å². The number of nitrogen functional groups attached to an aromatic ring is 1. The molecule has 3 nitrogen and oxygen atoms in total. The standard InChI is InChI=1S/C8H12N2OS/c1-2-11-6-12-7-3-4-8(9)10-5-7/h3-5H,2,6H2,1H3,(H2,9,10). The number of ether oxygens (including phenoxy) is 1. The number of hydrogen-bond acceptors (Lipinski definition) is 4. The van der Waals surface area contributed by atoms with Gasteiger partial charge >= 0.3 is 0 Å². The van der Waals surface area contributed by atoms with Crippen LogP contribution in [0.4, 0.5) is 5.82 Å². The summed E-state index contributed by atoms with van der Waals surface area (Å²) < 4.78 is 5.17. The SMILES string of the molecule is CCOCSc1ccc(N)nc1. The zero-order chi connectivity index (χ0) is 8.81. The molecule has 1 aromatic rings. The van der Waals surface area contributed by atoms with Crippen molar-refractivity contribution in [3.63, 3.8) is 0 Å². The average molecular weight is 184 g/mol. The van der Waals surface area contributed by atoms with Crippen molar-refractivity contribution in [2.45, 2.75) is 11.8 Å². The van der Waals surface area contributed by atoms with Crippen molar-refractivity contribution in [1.29, 1.82) is 0 Å². The molecule has 66 valence electrons. The predicted octanol–water partition coefficient (Wildman–Crippen LogP) is 1.75. The highest BCUT2D eigenvalue weighted by atomic mass is 32.2. The minimum atomic E-state index is 0.552. The van der Waals surface area contributed by atoms with Gasteiger partial charge in [0.15, 0.2) is 0 Å². The monoisotopic (exact) mass is 184 g/mol. The third-order valence-electron chi connectivity index (χ3n) is 1.27. The van der Waals surface area contributed by atoms with E-state index in [4.69, 9.17) is 10.5 Å². The van der Waals surface area contributed by atoms with Gasteiger partial charge in [-0.3, -0.25) is 0 Å². The largest absolute Gasteiger partial charge is 0.384 e. The van der Waals surface area contributed by atoms with Crippen LogP contribution in [0.15, 0.2) is 23.2 Å². The number of aromatic nitrogens is 1. The Kier molecular flexibility index (Phi) is 3.90. The molecule has 0 bridgehead atoms. The molecule has 0 aliphatic carbocycles. The van der Waals surface area contributed by atoms with E-state index in [9.17, 15) is 0 Å². The maximum absolute atomic E-state index is 5.43. The van der Waals surface area contributed by atoms with Crippen molar-refractivity contribution in [2.75, 3.05) is 18.3 Å². The van der Waals surface area contributed by atoms with Gasteiger partial charge in [-0.25, -0.2) is 4.98 Å².